The van der Waals surface area contributed by atoms with Crippen molar-refractivity contribution >= 4 is 40.9 Å². The molecule has 2 aromatic heterocycles. The van der Waals surface area contributed by atoms with Crippen LogP contribution in [-0.2, 0) is 0 Å². The van der Waals surface area contributed by atoms with Gasteiger partial charge in [0.05, 0.1) is 5.25 Å². The number of nitrogens with zero attached hydrogens (tertiary/aromatic N) is 5. The first-order valence-corrected chi connectivity index (χ1v) is 10.0. The molecule has 0 amide bonds. The zero-order valence-corrected chi connectivity index (χ0v) is 16.9. The maximum Gasteiger partial charge on any atom is 0.232 e. The summed E-state index contributed by atoms with van der Waals surface area (Å²) in [6, 6.07) is 17.0. The third-order valence-electron chi connectivity index (χ3n) is 3.93. The Hall–Kier alpha value is -3.17. The highest BCUT2D eigenvalue weighted by atomic mass is 35.5. The van der Waals surface area contributed by atoms with E-state index >= 15 is 0 Å². The Morgan fingerprint density at radius 3 is 2.52 bits per heavy atom. The van der Waals surface area contributed by atoms with Gasteiger partial charge in [0.1, 0.15) is 5.82 Å². The molecule has 10 heteroatoms. The van der Waals surface area contributed by atoms with Gasteiger partial charge in [-0.3, -0.25) is 5.10 Å². The molecule has 0 aliphatic heterocycles. The number of aromatic amines is 1. The lowest BCUT2D eigenvalue weighted by atomic mass is 10.2. The molecule has 146 valence electrons. The average Bonchev–Trinajstić information content (AvgIpc) is 3.17. The lowest BCUT2D eigenvalue weighted by Gasteiger charge is -2.10. The highest BCUT2D eigenvalue weighted by Gasteiger charge is 2.17. The molecule has 0 bridgehead atoms. The van der Waals surface area contributed by atoms with Gasteiger partial charge in [-0.25, -0.2) is 4.98 Å². The number of H-pyrrole nitrogens is 1. The van der Waals surface area contributed by atoms with Crippen LogP contribution in [0.1, 0.15) is 18.0 Å². The molecule has 4 aromatic rings. The van der Waals surface area contributed by atoms with Crippen LogP contribution in [0.2, 0.25) is 5.02 Å². The zero-order valence-electron chi connectivity index (χ0n) is 15.4. The fourth-order valence-corrected chi connectivity index (χ4v) is 3.44. The lowest BCUT2D eigenvalue weighted by Crippen LogP contribution is -2.08. The molecule has 29 heavy (non-hydrogen) atoms. The average molecular weight is 425 g/mol. The van der Waals surface area contributed by atoms with Gasteiger partial charge in [-0.1, -0.05) is 41.6 Å². The van der Waals surface area contributed by atoms with Crippen molar-refractivity contribution in [2.75, 3.05) is 11.1 Å². The van der Waals surface area contributed by atoms with E-state index < -0.39 is 0 Å². The number of halogens is 1. The Morgan fingerprint density at radius 2 is 1.76 bits per heavy atom. The molecule has 0 unspecified atom stereocenters. The van der Waals surface area contributed by atoms with E-state index in [0.29, 0.717) is 27.8 Å². The predicted octanol–water partition coefficient (Wildman–Crippen LogP) is 4.49. The van der Waals surface area contributed by atoms with Crippen molar-refractivity contribution in [1.82, 2.24) is 30.1 Å². The molecule has 2 aromatic carbocycles. The monoisotopic (exact) mass is 424 g/mol. The Morgan fingerprint density at radius 1 is 1.00 bits per heavy atom. The minimum Gasteiger partial charge on any atom is -0.368 e. The standard InChI is InChI=1S/C19H17ClN8S/c1-11(29-19-25-16(27-28-19)12-7-9-13(20)10-8-12)15-23-17(21)26-18(24-15)22-14-5-3-2-4-6-14/h2-11H,1H3,(H,25,27,28)(H3,21,22,23,24,26)/t11-/m0/s1. The van der Waals surface area contributed by atoms with E-state index in [1.165, 1.54) is 11.8 Å². The van der Waals surface area contributed by atoms with Crippen LogP contribution in [0.5, 0.6) is 0 Å². The number of thioether (sulfide) groups is 1. The minimum absolute atomic E-state index is 0.134. The summed E-state index contributed by atoms with van der Waals surface area (Å²) < 4.78 is 0. The molecule has 4 N–H and O–H groups in total. The third kappa shape index (κ3) is 4.82. The van der Waals surface area contributed by atoms with Crippen LogP contribution in [0.25, 0.3) is 11.4 Å². The van der Waals surface area contributed by atoms with Crippen molar-refractivity contribution in [2.45, 2.75) is 17.3 Å². The van der Waals surface area contributed by atoms with Gasteiger partial charge in [0.15, 0.2) is 5.82 Å². The van der Waals surface area contributed by atoms with Crippen LogP contribution in [0.4, 0.5) is 17.6 Å². The number of benzene rings is 2. The maximum absolute atomic E-state index is 5.93. The Balaban J connectivity index is 1.50. The molecule has 0 saturated carbocycles. The highest BCUT2D eigenvalue weighted by Crippen LogP contribution is 2.32. The summed E-state index contributed by atoms with van der Waals surface area (Å²) in [5.74, 6) is 1.75. The number of rotatable bonds is 6. The number of hydrogen-bond acceptors (Lipinski definition) is 8. The second-order valence-electron chi connectivity index (χ2n) is 6.10. The van der Waals surface area contributed by atoms with Gasteiger partial charge >= 0.3 is 0 Å². The predicted molar refractivity (Wildman–Crippen MR) is 115 cm³/mol. The second kappa shape index (κ2) is 8.46. The first kappa shape index (κ1) is 19.2. The smallest absolute Gasteiger partial charge is 0.232 e. The molecule has 0 fully saturated rings. The fourth-order valence-electron chi connectivity index (χ4n) is 2.54. The lowest BCUT2D eigenvalue weighted by molar-refractivity contribution is 0.884. The van der Waals surface area contributed by atoms with E-state index in [-0.39, 0.29) is 11.2 Å². The second-order valence-corrected chi connectivity index (χ2v) is 7.84. The van der Waals surface area contributed by atoms with Gasteiger partial charge < -0.3 is 11.1 Å². The summed E-state index contributed by atoms with van der Waals surface area (Å²) in [6.45, 7) is 1.96. The van der Waals surface area contributed by atoms with Crippen LogP contribution in [0.15, 0.2) is 59.8 Å². The van der Waals surface area contributed by atoms with E-state index in [4.69, 9.17) is 17.3 Å². The summed E-state index contributed by atoms with van der Waals surface area (Å²) in [7, 11) is 0. The van der Waals surface area contributed by atoms with Crippen LogP contribution in [-0.4, -0.2) is 30.1 Å². The summed E-state index contributed by atoms with van der Waals surface area (Å²) >= 11 is 7.36. The SMILES string of the molecule is C[C@H](Sc1n[nH]c(-c2ccc(Cl)cc2)n1)c1nc(N)nc(Nc2ccccc2)n1. The maximum atomic E-state index is 5.93. The number of nitrogens with two attached hydrogens (primary N) is 1. The van der Waals surface area contributed by atoms with Crippen molar-refractivity contribution in [3.05, 3.63) is 65.4 Å². The number of nitrogen functional groups attached to an aromatic ring is 1. The Bertz CT molecular complexity index is 1100. The summed E-state index contributed by atoms with van der Waals surface area (Å²) in [4.78, 5) is 17.4. The minimum atomic E-state index is -0.134. The van der Waals surface area contributed by atoms with Crippen LogP contribution in [0.3, 0.4) is 0 Å². The molecular weight excluding hydrogens is 408 g/mol. The molecule has 2 heterocycles. The van der Waals surface area contributed by atoms with Crippen molar-refractivity contribution in [3.8, 4) is 11.4 Å². The van der Waals surface area contributed by atoms with E-state index in [2.05, 4.69) is 35.5 Å². The molecule has 0 aliphatic carbocycles. The molecule has 8 nitrogen and oxygen atoms in total. The number of hydrogen-bond donors (Lipinski definition) is 3. The molecule has 0 radical (unpaired) electrons. The van der Waals surface area contributed by atoms with Crippen molar-refractivity contribution < 1.29 is 0 Å². The van der Waals surface area contributed by atoms with E-state index in [0.717, 1.165) is 11.3 Å². The van der Waals surface area contributed by atoms with Gasteiger partial charge in [-0.05, 0) is 43.3 Å². The molecular formula is C19H17ClN8S. The molecule has 0 aliphatic rings. The van der Waals surface area contributed by atoms with Crippen molar-refractivity contribution in [3.63, 3.8) is 0 Å². The summed E-state index contributed by atoms with van der Waals surface area (Å²) in [6.07, 6.45) is 0. The van der Waals surface area contributed by atoms with E-state index in [1.54, 1.807) is 0 Å². The largest absolute Gasteiger partial charge is 0.368 e. The van der Waals surface area contributed by atoms with Crippen LogP contribution >= 0.6 is 23.4 Å². The first-order valence-electron chi connectivity index (χ1n) is 8.75. The molecule has 0 saturated heterocycles. The fraction of sp³-hybridized carbons (Fsp3) is 0.105. The summed E-state index contributed by atoms with van der Waals surface area (Å²) in [5.41, 5.74) is 7.65. The van der Waals surface area contributed by atoms with Gasteiger partial charge in [0, 0.05) is 16.3 Å². The van der Waals surface area contributed by atoms with Gasteiger partial charge in [-0.2, -0.15) is 15.0 Å². The third-order valence-corrected chi connectivity index (χ3v) is 5.14. The number of nitrogens with one attached hydrogen (secondary N) is 2. The quantitative estimate of drug-likeness (QED) is 0.387. The normalized spacial score (nSPS) is 11.9. The van der Waals surface area contributed by atoms with Gasteiger partial charge in [0.2, 0.25) is 17.1 Å². The number of aromatic nitrogens is 6. The Kier molecular flexibility index (Phi) is 5.59. The zero-order chi connectivity index (χ0) is 20.2. The van der Waals surface area contributed by atoms with E-state index in [1.807, 2.05) is 61.5 Å². The first-order chi connectivity index (χ1) is 14.1. The van der Waals surface area contributed by atoms with Crippen molar-refractivity contribution in [2.24, 2.45) is 0 Å². The van der Waals surface area contributed by atoms with E-state index in [9.17, 15) is 0 Å². The van der Waals surface area contributed by atoms with Gasteiger partial charge in [-0.15, -0.1) is 5.10 Å². The van der Waals surface area contributed by atoms with Gasteiger partial charge in [0.25, 0.3) is 0 Å². The molecule has 4 rings (SSSR count). The summed E-state index contributed by atoms with van der Waals surface area (Å²) in [5, 5.41) is 11.5. The number of para-hydroxylation sites is 1. The highest BCUT2D eigenvalue weighted by molar-refractivity contribution is 7.99. The van der Waals surface area contributed by atoms with Crippen LogP contribution < -0.4 is 11.1 Å². The molecule has 0 spiro atoms. The number of anilines is 3. The Labute approximate surface area is 176 Å². The topological polar surface area (TPSA) is 118 Å². The van der Waals surface area contributed by atoms with Crippen LogP contribution in [0, 0.1) is 0 Å². The molecule has 1 atom stereocenters. The van der Waals surface area contributed by atoms with Crippen molar-refractivity contribution in [1.29, 1.82) is 0 Å².